The van der Waals surface area contributed by atoms with E-state index < -0.39 is 24.2 Å². The van der Waals surface area contributed by atoms with Gasteiger partial charge in [-0.1, -0.05) is 200 Å². The molecule has 286 valence electrons. The summed E-state index contributed by atoms with van der Waals surface area (Å²) in [5.74, 6) is 0. The van der Waals surface area contributed by atoms with Crippen molar-refractivity contribution in [3.63, 3.8) is 0 Å². The second kappa shape index (κ2) is 15.6. The summed E-state index contributed by atoms with van der Waals surface area (Å²) in [6, 6.07) is 61.5. The summed E-state index contributed by atoms with van der Waals surface area (Å²) in [4.78, 5) is 1.37. The van der Waals surface area contributed by atoms with Crippen LogP contribution in [0.2, 0.25) is 0 Å². The maximum atomic E-state index is 9.86. The molecule has 0 aliphatic rings. The van der Waals surface area contributed by atoms with E-state index >= 15 is 0 Å². The van der Waals surface area contributed by atoms with Crippen LogP contribution in [0.5, 0.6) is 0 Å². The summed E-state index contributed by atoms with van der Waals surface area (Å²) in [6.45, 7) is 0. The molecule has 11 aromatic rings. The van der Waals surface area contributed by atoms with Crippen molar-refractivity contribution in [2.24, 2.45) is 0 Å². The van der Waals surface area contributed by atoms with Gasteiger partial charge >= 0.3 is 0 Å². The van der Waals surface area contributed by atoms with Crippen molar-refractivity contribution in [2.75, 3.05) is 4.90 Å². The number of benzene rings is 11. The molecule has 0 aromatic heterocycles. The predicted octanol–water partition coefficient (Wildman–Crippen LogP) is 17.0. The molecule has 0 aliphatic carbocycles. The average Bonchev–Trinajstić information content (AvgIpc) is 3.40. The lowest BCUT2D eigenvalue weighted by atomic mass is 9.89. The van der Waals surface area contributed by atoms with Gasteiger partial charge in [-0.15, -0.1) is 0 Å². The highest BCUT2D eigenvalue weighted by atomic mass is 15.1. The molecule has 0 atom stereocenters. The topological polar surface area (TPSA) is 3.24 Å². The molecule has 0 radical (unpaired) electrons. The van der Waals surface area contributed by atoms with Crippen LogP contribution in [0.15, 0.2) is 249 Å². The first kappa shape index (κ1) is 28.4. The first-order valence-electron chi connectivity index (χ1n) is 24.4. The van der Waals surface area contributed by atoms with Gasteiger partial charge in [-0.3, -0.25) is 0 Å². The third-order valence-corrected chi connectivity index (χ3v) is 11.4. The van der Waals surface area contributed by atoms with Crippen molar-refractivity contribution in [3.05, 3.63) is 249 Å². The van der Waals surface area contributed by atoms with E-state index in [1.54, 1.807) is 18.2 Å². The van der Waals surface area contributed by atoms with E-state index in [4.69, 9.17) is 0 Å². The molecule has 61 heavy (non-hydrogen) atoms. The smallest absolute Gasteiger partial charge is 0.0645 e. The molecule has 11 aromatic carbocycles. The Hall–Kier alpha value is -8.00. The van der Waals surface area contributed by atoms with Gasteiger partial charge in [-0.05, 0) is 136 Å². The molecule has 0 saturated heterocycles. The van der Waals surface area contributed by atoms with Crippen molar-refractivity contribution >= 4 is 49.4 Å². The molecular formula is C60H41N. The highest BCUT2D eigenvalue weighted by Crippen LogP contribution is 2.42. The third-order valence-electron chi connectivity index (χ3n) is 11.4. The van der Waals surface area contributed by atoms with Crippen LogP contribution in [-0.4, -0.2) is 0 Å². The number of anilines is 3. The van der Waals surface area contributed by atoms with Crippen LogP contribution >= 0.6 is 0 Å². The molecule has 0 N–H and O–H groups in total. The Morgan fingerprint density at radius 3 is 1.46 bits per heavy atom. The molecule has 0 saturated carbocycles. The number of hydrogen-bond acceptors (Lipinski definition) is 1. The molecule has 0 spiro atoms. The Labute approximate surface area is 368 Å². The minimum Gasteiger partial charge on any atom is -0.311 e. The van der Waals surface area contributed by atoms with Gasteiger partial charge in [0, 0.05) is 17.1 Å². The summed E-state index contributed by atoms with van der Waals surface area (Å²) in [6.07, 6.45) is 0. The Kier molecular flexibility index (Phi) is 7.29. The monoisotopic (exact) mass is 783 g/mol. The van der Waals surface area contributed by atoms with Crippen LogP contribution < -0.4 is 4.90 Å². The standard InChI is InChI=1S/C60H41N/c1-3-14-42(15-4-1)48-20-13-21-49(40-48)43-26-33-51(34-27-43)61(52-35-28-46(29-36-52)59-41-50-19-8-9-22-54(50)57-24-11-12-25-58(57)59)53-37-30-47(31-38-53)60-55-23-10-7-18-45(55)32-39-56(60)44-16-5-2-6-17-44/h1-41H/i26D,27D,30D,31D,33D,34D,37D,38D. The Balaban J connectivity index is 1.15. The summed E-state index contributed by atoms with van der Waals surface area (Å²) in [5.41, 5.74) is 6.38. The number of nitrogens with zero attached hydrogens (tertiary/aromatic N) is 1. The fraction of sp³-hybridized carbons (Fsp3) is 0. The fourth-order valence-electron chi connectivity index (χ4n) is 8.44. The van der Waals surface area contributed by atoms with E-state index in [0.29, 0.717) is 16.8 Å². The summed E-state index contributed by atoms with van der Waals surface area (Å²) < 4.78 is 77.8. The van der Waals surface area contributed by atoms with Gasteiger partial charge in [-0.2, -0.15) is 0 Å². The van der Waals surface area contributed by atoms with Crippen molar-refractivity contribution in [3.8, 4) is 55.6 Å². The van der Waals surface area contributed by atoms with Crippen LogP contribution in [0.3, 0.4) is 0 Å². The van der Waals surface area contributed by atoms with Crippen LogP contribution in [0, 0.1) is 0 Å². The molecule has 1 nitrogen and oxygen atoms in total. The minimum atomic E-state index is -0.404. The van der Waals surface area contributed by atoms with Gasteiger partial charge < -0.3 is 4.90 Å². The van der Waals surface area contributed by atoms with Crippen LogP contribution in [0.4, 0.5) is 17.1 Å². The highest BCUT2D eigenvalue weighted by Gasteiger charge is 2.17. The second-order valence-corrected chi connectivity index (χ2v) is 15.0. The normalized spacial score (nSPS) is 13.1. The lowest BCUT2D eigenvalue weighted by Gasteiger charge is -2.26. The van der Waals surface area contributed by atoms with Gasteiger partial charge in [0.1, 0.15) is 0 Å². The first-order valence-corrected chi connectivity index (χ1v) is 20.4. The van der Waals surface area contributed by atoms with E-state index in [-0.39, 0.29) is 46.7 Å². The van der Waals surface area contributed by atoms with Gasteiger partial charge in [0.05, 0.1) is 11.0 Å². The zero-order chi connectivity index (χ0) is 47.5. The van der Waals surface area contributed by atoms with E-state index in [0.717, 1.165) is 65.7 Å². The fourth-order valence-corrected chi connectivity index (χ4v) is 8.44. The maximum Gasteiger partial charge on any atom is 0.0645 e. The Morgan fingerprint density at radius 1 is 0.262 bits per heavy atom. The highest BCUT2D eigenvalue weighted by molar-refractivity contribution is 6.14. The van der Waals surface area contributed by atoms with Gasteiger partial charge in [0.15, 0.2) is 0 Å². The van der Waals surface area contributed by atoms with Gasteiger partial charge in [-0.25, -0.2) is 0 Å². The largest absolute Gasteiger partial charge is 0.311 e. The van der Waals surface area contributed by atoms with Crippen molar-refractivity contribution in [1.82, 2.24) is 0 Å². The van der Waals surface area contributed by atoms with Crippen molar-refractivity contribution in [2.45, 2.75) is 0 Å². The zero-order valence-electron chi connectivity index (χ0n) is 41.0. The number of fused-ring (bicyclic) bond motifs is 4. The van der Waals surface area contributed by atoms with Crippen molar-refractivity contribution in [1.29, 1.82) is 0 Å². The van der Waals surface area contributed by atoms with E-state index in [1.807, 2.05) is 152 Å². The average molecular weight is 784 g/mol. The molecule has 11 rings (SSSR count). The van der Waals surface area contributed by atoms with E-state index in [1.165, 1.54) is 4.90 Å². The Bertz CT molecular complexity index is 3760. The molecule has 0 unspecified atom stereocenters. The number of hydrogen-bond donors (Lipinski definition) is 0. The molecule has 0 heterocycles. The lowest BCUT2D eigenvalue weighted by Crippen LogP contribution is -2.09. The lowest BCUT2D eigenvalue weighted by molar-refractivity contribution is 1.28. The molecule has 0 aliphatic heterocycles. The predicted molar refractivity (Wildman–Crippen MR) is 261 cm³/mol. The summed E-state index contributed by atoms with van der Waals surface area (Å²) in [7, 11) is 0. The molecule has 1 heteroatoms. The third kappa shape index (κ3) is 6.83. The molecular weight excluding hydrogens is 735 g/mol. The summed E-state index contributed by atoms with van der Waals surface area (Å²) in [5, 5.41) is 5.97. The van der Waals surface area contributed by atoms with Crippen LogP contribution in [-0.2, 0) is 0 Å². The molecule has 0 amide bonds. The second-order valence-electron chi connectivity index (χ2n) is 15.0. The quantitative estimate of drug-likeness (QED) is 0.139. The number of rotatable bonds is 8. The first-order chi connectivity index (χ1) is 33.6. The van der Waals surface area contributed by atoms with Gasteiger partial charge in [0.25, 0.3) is 0 Å². The zero-order valence-corrected chi connectivity index (χ0v) is 33.0. The molecule has 0 bridgehead atoms. The Morgan fingerprint density at radius 2 is 0.770 bits per heavy atom. The summed E-state index contributed by atoms with van der Waals surface area (Å²) >= 11 is 0. The van der Waals surface area contributed by atoms with Crippen LogP contribution in [0.1, 0.15) is 11.0 Å². The van der Waals surface area contributed by atoms with Gasteiger partial charge in [0.2, 0.25) is 0 Å². The van der Waals surface area contributed by atoms with Crippen LogP contribution in [0.25, 0.3) is 88.0 Å². The SMILES string of the molecule is [2H]c1c([2H])c(N(c2ccc(-c3cc4ccccc4c4ccccc34)cc2)c2c([2H])c([2H])c(-c3c(-c4ccccc4)ccc4ccccc34)c([2H])c2[2H])c([2H])c([2H])c1-c1cccc(-c2ccccc2)c1. The molecule has 0 fully saturated rings. The van der Waals surface area contributed by atoms with E-state index in [9.17, 15) is 11.0 Å². The minimum absolute atomic E-state index is 0.101. The maximum absolute atomic E-state index is 9.86. The van der Waals surface area contributed by atoms with Crippen molar-refractivity contribution < 1.29 is 11.0 Å². The van der Waals surface area contributed by atoms with E-state index in [2.05, 4.69) is 30.3 Å².